The zero-order chi connectivity index (χ0) is 13.5. The molecule has 2 nitrogen and oxygen atoms in total. The van der Waals surface area contributed by atoms with Crippen LogP contribution in [0.15, 0.2) is 18.2 Å². The second-order valence-corrected chi connectivity index (χ2v) is 5.75. The summed E-state index contributed by atoms with van der Waals surface area (Å²) in [5.41, 5.74) is 4.11. The van der Waals surface area contributed by atoms with Crippen LogP contribution in [0.1, 0.15) is 37.5 Å². The lowest BCUT2D eigenvalue weighted by Crippen LogP contribution is -2.37. The van der Waals surface area contributed by atoms with Gasteiger partial charge in [-0.2, -0.15) is 0 Å². The van der Waals surface area contributed by atoms with E-state index in [-0.39, 0.29) is 0 Å². The topological polar surface area (TPSA) is 24.1 Å². The fraction of sp³-hybridized carbons (Fsp3) is 0.625. The number of hydrogen-bond donors (Lipinski definition) is 2. The van der Waals surface area contributed by atoms with Gasteiger partial charge in [0.05, 0.1) is 0 Å². The summed E-state index contributed by atoms with van der Waals surface area (Å²) in [6.07, 6.45) is 0. The van der Waals surface area contributed by atoms with E-state index in [9.17, 15) is 0 Å². The van der Waals surface area contributed by atoms with Gasteiger partial charge in [0.15, 0.2) is 0 Å². The van der Waals surface area contributed by atoms with E-state index in [2.05, 4.69) is 63.5 Å². The molecule has 0 aromatic heterocycles. The molecule has 18 heavy (non-hydrogen) atoms. The van der Waals surface area contributed by atoms with Crippen LogP contribution in [0.5, 0.6) is 0 Å². The second kappa shape index (κ2) is 7.55. The van der Waals surface area contributed by atoms with Crippen LogP contribution in [0.3, 0.4) is 0 Å². The van der Waals surface area contributed by atoms with Crippen molar-refractivity contribution in [2.75, 3.05) is 13.1 Å². The second-order valence-electron chi connectivity index (χ2n) is 5.75. The molecule has 0 saturated carbocycles. The van der Waals surface area contributed by atoms with E-state index in [1.807, 2.05) is 0 Å². The highest BCUT2D eigenvalue weighted by Crippen LogP contribution is 2.09. The fourth-order valence-electron chi connectivity index (χ4n) is 1.87. The first-order valence-corrected chi connectivity index (χ1v) is 6.99. The zero-order valence-electron chi connectivity index (χ0n) is 12.5. The number of hydrogen-bond acceptors (Lipinski definition) is 2. The van der Waals surface area contributed by atoms with Crippen molar-refractivity contribution in [1.82, 2.24) is 10.6 Å². The molecular weight excluding hydrogens is 220 g/mol. The van der Waals surface area contributed by atoms with E-state index in [1.54, 1.807) is 0 Å². The van der Waals surface area contributed by atoms with Crippen LogP contribution in [0.25, 0.3) is 0 Å². The van der Waals surface area contributed by atoms with Crippen molar-refractivity contribution in [3.8, 4) is 0 Å². The van der Waals surface area contributed by atoms with Crippen molar-refractivity contribution in [2.24, 2.45) is 5.92 Å². The van der Waals surface area contributed by atoms with E-state index < -0.39 is 0 Å². The van der Waals surface area contributed by atoms with E-state index in [0.717, 1.165) is 25.6 Å². The molecule has 1 aromatic carbocycles. The van der Waals surface area contributed by atoms with Crippen LogP contribution in [-0.2, 0) is 6.54 Å². The lowest BCUT2D eigenvalue weighted by Gasteiger charge is -2.16. The average Bonchev–Trinajstić information content (AvgIpc) is 2.30. The number of aryl methyl sites for hydroxylation is 2. The molecule has 1 atom stereocenters. The van der Waals surface area contributed by atoms with Crippen molar-refractivity contribution in [3.05, 3.63) is 34.9 Å². The largest absolute Gasteiger partial charge is 0.315 e. The van der Waals surface area contributed by atoms with Crippen LogP contribution in [-0.4, -0.2) is 19.1 Å². The van der Waals surface area contributed by atoms with Gasteiger partial charge < -0.3 is 10.6 Å². The lowest BCUT2D eigenvalue weighted by molar-refractivity contribution is 0.472. The summed E-state index contributed by atoms with van der Waals surface area (Å²) >= 11 is 0. The first-order chi connectivity index (χ1) is 8.49. The van der Waals surface area contributed by atoms with Gasteiger partial charge in [-0.15, -0.1) is 0 Å². The summed E-state index contributed by atoms with van der Waals surface area (Å²) in [6.45, 7) is 14.1. The Hall–Kier alpha value is -0.860. The highest BCUT2D eigenvalue weighted by molar-refractivity contribution is 5.29. The molecule has 0 fully saturated rings. The molecule has 0 aliphatic heterocycles. The molecular formula is C16H28N2. The summed E-state index contributed by atoms with van der Waals surface area (Å²) in [5, 5.41) is 7.04. The van der Waals surface area contributed by atoms with Crippen LogP contribution in [0.2, 0.25) is 0 Å². The Morgan fingerprint density at radius 1 is 1.00 bits per heavy atom. The molecule has 1 aromatic rings. The van der Waals surface area contributed by atoms with Crippen LogP contribution in [0, 0.1) is 19.8 Å². The van der Waals surface area contributed by atoms with Gasteiger partial charge in [0, 0.05) is 19.1 Å². The maximum atomic E-state index is 3.56. The van der Waals surface area contributed by atoms with Crippen LogP contribution >= 0.6 is 0 Å². The van der Waals surface area contributed by atoms with Gasteiger partial charge in [-0.1, -0.05) is 32.0 Å². The lowest BCUT2D eigenvalue weighted by atomic mass is 10.1. The van der Waals surface area contributed by atoms with E-state index in [1.165, 1.54) is 16.7 Å². The van der Waals surface area contributed by atoms with Crippen molar-refractivity contribution >= 4 is 0 Å². The van der Waals surface area contributed by atoms with Crippen molar-refractivity contribution in [2.45, 2.75) is 47.2 Å². The number of rotatable bonds is 7. The Balaban J connectivity index is 2.29. The Morgan fingerprint density at radius 3 is 2.33 bits per heavy atom. The average molecular weight is 248 g/mol. The summed E-state index contributed by atoms with van der Waals surface area (Å²) < 4.78 is 0. The first-order valence-electron chi connectivity index (χ1n) is 6.99. The van der Waals surface area contributed by atoms with Crippen LogP contribution < -0.4 is 10.6 Å². The summed E-state index contributed by atoms with van der Waals surface area (Å²) in [5.74, 6) is 0.719. The van der Waals surface area contributed by atoms with Gasteiger partial charge in [0.25, 0.3) is 0 Å². The fourth-order valence-corrected chi connectivity index (χ4v) is 1.87. The highest BCUT2D eigenvalue weighted by Gasteiger charge is 2.02. The molecule has 0 aliphatic rings. The Bertz CT molecular complexity index is 358. The molecule has 102 valence electrons. The third-order valence-electron chi connectivity index (χ3n) is 3.23. The van der Waals surface area contributed by atoms with E-state index in [0.29, 0.717) is 6.04 Å². The molecule has 1 unspecified atom stereocenters. The van der Waals surface area contributed by atoms with Crippen LogP contribution in [0.4, 0.5) is 0 Å². The number of nitrogens with one attached hydrogen (secondary N) is 2. The van der Waals surface area contributed by atoms with Gasteiger partial charge >= 0.3 is 0 Å². The standard InChI is InChI=1S/C16H28N2/c1-12(2)9-17-10-15(5)18-11-16-7-6-13(3)14(4)8-16/h6-8,12,15,17-18H,9-11H2,1-5H3. The third-order valence-corrected chi connectivity index (χ3v) is 3.23. The van der Waals surface area contributed by atoms with E-state index >= 15 is 0 Å². The predicted octanol–water partition coefficient (Wildman–Crippen LogP) is 3.03. The Kier molecular flexibility index (Phi) is 6.37. The quantitative estimate of drug-likeness (QED) is 0.775. The molecule has 0 amide bonds. The Labute approximate surface area is 112 Å². The van der Waals surface area contributed by atoms with Gasteiger partial charge in [-0.25, -0.2) is 0 Å². The van der Waals surface area contributed by atoms with Crippen molar-refractivity contribution < 1.29 is 0 Å². The summed E-state index contributed by atoms with van der Waals surface area (Å²) in [7, 11) is 0. The molecule has 0 spiro atoms. The Morgan fingerprint density at radius 2 is 1.72 bits per heavy atom. The summed E-state index contributed by atoms with van der Waals surface area (Å²) in [4.78, 5) is 0. The maximum absolute atomic E-state index is 3.56. The van der Waals surface area contributed by atoms with Crippen molar-refractivity contribution in [3.63, 3.8) is 0 Å². The van der Waals surface area contributed by atoms with Gasteiger partial charge in [0.2, 0.25) is 0 Å². The minimum Gasteiger partial charge on any atom is -0.315 e. The summed E-state index contributed by atoms with van der Waals surface area (Å²) in [6, 6.07) is 7.19. The molecule has 2 N–H and O–H groups in total. The maximum Gasteiger partial charge on any atom is 0.0208 e. The van der Waals surface area contributed by atoms with Crippen molar-refractivity contribution in [1.29, 1.82) is 0 Å². The minimum absolute atomic E-state index is 0.505. The molecule has 0 heterocycles. The molecule has 0 radical (unpaired) electrons. The third kappa shape index (κ3) is 5.65. The smallest absolute Gasteiger partial charge is 0.0208 e. The SMILES string of the molecule is Cc1ccc(CNC(C)CNCC(C)C)cc1C. The highest BCUT2D eigenvalue weighted by atomic mass is 15.0. The molecule has 1 rings (SSSR count). The first kappa shape index (κ1) is 15.2. The minimum atomic E-state index is 0.505. The predicted molar refractivity (Wildman–Crippen MR) is 79.9 cm³/mol. The molecule has 0 bridgehead atoms. The van der Waals surface area contributed by atoms with Gasteiger partial charge in [-0.3, -0.25) is 0 Å². The van der Waals surface area contributed by atoms with E-state index in [4.69, 9.17) is 0 Å². The van der Waals surface area contributed by atoms with Gasteiger partial charge in [-0.05, 0) is 49.9 Å². The molecule has 0 saturated heterocycles. The number of benzene rings is 1. The molecule has 0 aliphatic carbocycles. The van der Waals surface area contributed by atoms with Gasteiger partial charge in [0.1, 0.15) is 0 Å². The molecule has 2 heteroatoms. The normalized spacial score (nSPS) is 13.0. The zero-order valence-corrected chi connectivity index (χ0v) is 12.5. The monoisotopic (exact) mass is 248 g/mol.